The van der Waals surface area contributed by atoms with Crippen molar-refractivity contribution in [3.63, 3.8) is 0 Å². The minimum atomic E-state index is 0.365. The number of hydrogen-bond acceptors (Lipinski definition) is 2. The third-order valence-electron chi connectivity index (χ3n) is 2.73. The Hall–Kier alpha value is -0.0800. The van der Waals surface area contributed by atoms with E-state index in [4.69, 9.17) is 4.84 Å². The molecule has 1 fully saturated rings. The van der Waals surface area contributed by atoms with Crippen LogP contribution in [0.1, 0.15) is 27.7 Å². The molecule has 0 unspecified atom stereocenters. The van der Waals surface area contributed by atoms with Crippen molar-refractivity contribution in [1.29, 1.82) is 0 Å². The molecule has 0 aromatic rings. The molecule has 11 heavy (non-hydrogen) atoms. The Kier molecular flexibility index (Phi) is 2.26. The molecule has 66 valence electrons. The highest BCUT2D eigenvalue weighted by atomic mass is 16.7. The second-order valence-corrected chi connectivity index (χ2v) is 4.56. The van der Waals surface area contributed by atoms with Crippen molar-refractivity contribution >= 4 is 0 Å². The summed E-state index contributed by atoms with van der Waals surface area (Å²) in [5, 5.41) is 1.97. The first-order valence-electron chi connectivity index (χ1n) is 4.28. The first-order valence-corrected chi connectivity index (χ1v) is 4.28. The van der Waals surface area contributed by atoms with Crippen LogP contribution in [0.2, 0.25) is 0 Å². The average molecular weight is 157 g/mol. The van der Waals surface area contributed by atoms with E-state index in [1.807, 2.05) is 12.1 Å². The Bertz CT molecular complexity index is 139. The van der Waals surface area contributed by atoms with Crippen LogP contribution in [0.15, 0.2) is 0 Å². The van der Waals surface area contributed by atoms with Gasteiger partial charge < -0.3 is 0 Å². The van der Waals surface area contributed by atoms with E-state index in [1.165, 1.54) is 0 Å². The second-order valence-electron chi connectivity index (χ2n) is 4.56. The predicted molar refractivity (Wildman–Crippen MR) is 46.1 cm³/mol. The van der Waals surface area contributed by atoms with E-state index in [9.17, 15) is 0 Å². The minimum absolute atomic E-state index is 0.365. The van der Waals surface area contributed by atoms with Crippen LogP contribution < -0.4 is 0 Å². The zero-order valence-corrected chi connectivity index (χ0v) is 8.22. The van der Waals surface area contributed by atoms with Crippen LogP contribution in [-0.2, 0) is 4.84 Å². The Balaban J connectivity index is 2.62. The number of rotatable bonds is 0. The van der Waals surface area contributed by atoms with Crippen LogP contribution >= 0.6 is 0 Å². The molecule has 0 bridgehead atoms. The molecule has 0 radical (unpaired) electrons. The maximum atomic E-state index is 5.44. The Morgan fingerprint density at radius 3 is 2.09 bits per heavy atom. The molecule has 1 aliphatic heterocycles. The van der Waals surface area contributed by atoms with Crippen LogP contribution in [0.5, 0.6) is 0 Å². The van der Waals surface area contributed by atoms with Gasteiger partial charge in [-0.25, -0.2) is 0 Å². The molecule has 0 spiro atoms. The smallest absolute Gasteiger partial charge is 0.0734 e. The molecule has 0 aromatic carbocycles. The van der Waals surface area contributed by atoms with Crippen LogP contribution in [0.25, 0.3) is 0 Å². The Morgan fingerprint density at radius 1 is 1.36 bits per heavy atom. The van der Waals surface area contributed by atoms with Gasteiger partial charge in [0.1, 0.15) is 0 Å². The fourth-order valence-corrected chi connectivity index (χ4v) is 1.68. The molecule has 2 heteroatoms. The van der Waals surface area contributed by atoms with Gasteiger partial charge in [0.25, 0.3) is 0 Å². The van der Waals surface area contributed by atoms with E-state index >= 15 is 0 Å². The van der Waals surface area contributed by atoms with E-state index in [-0.39, 0.29) is 0 Å². The highest BCUT2D eigenvalue weighted by Gasteiger charge is 2.37. The number of hydroxylamine groups is 2. The third-order valence-corrected chi connectivity index (χ3v) is 2.73. The minimum Gasteiger partial charge on any atom is -0.299 e. The number of hydrogen-bond donors (Lipinski definition) is 0. The van der Waals surface area contributed by atoms with Crippen LogP contribution in [0.4, 0.5) is 0 Å². The van der Waals surface area contributed by atoms with Crippen molar-refractivity contribution in [2.75, 3.05) is 13.7 Å². The summed E-state index contributed by atoms with van der Waals surface area (Å²) in [4.78, 5) is 5.44. The lowest BCUT2D eigenvalue weighted by molar-refractivity contribution is -0.106. The molecule has 2 atom stereocenters. The lowest BCUT2D eigenvalue weighted by atomic mass is 9.78. The summed E-state index contributed by atoms with van der Waals surface area (Å²) in [6.45, 7) is 9.92. The van der Waals surface area contributed by atoms with Crippen LogP contribution in [0.3, 0.4) is 0 Å². The second kappa shape index (κ2) is 2.76. The first-order chi connectivity index (χ1) is 4.93. The standard InChI is InChI=1S/C9H19NO/c1-7-8(9(2,3)4)6-11-10(7)5/h7-8H,6H2,1-5H3/t7-,8+/m0/s1. The zero-order valence-electron chi connectivity index (χ0n) is 8.22. The Labute approximate surface area is 69.5 Å². The highest BCUT2D eigenvalue weighted by Crippen LogP contribution is 2.34. The molecule has 1 saturated heterocycles. The molecule has 0 N–H and O–H groups in total. The summed E-state index contributed by atoms with van der Waals surface area (Å²) < 4.78 is 0. The van der Waals surface area contributed by atoms with Gasteiger partial charge in [0, 0.05) is 19.0 Å². The maximum Gasteiger partial charge on any atom is 0.0734 e. The fraction of sp³-hybridized carbons (Fsp3) is 1.00. The van der Waals surface area contributed by atoms with Gasteiger partial charge in [0.2, 0.25) is 0 Å². The zero-order chi connectivity index (χ0) is 8.65. The average Bonchev–Trinajstić information content (AvgIpc) is 2.11. The van der Waals surface area contributed by atoms with Crippen molar-refractivity contribution in [1.82, 2.24) is 5.06 Å². The quantitative estimate of drug-likeness (QED) is 0.532. The molecule has 0 saturated carbocycles. The lowest BCUT2D eigenvalue weighted by Gasteiger charge is -2.29. The predicted octanol–water partition coefficient (Wildman–Crippen LogP) is 1.91. The summed E-state index contributed by atoms with van der Waals surface area (Å²) in [6, 6.07) is 0.551. The van der Waals surface area contributed by atoms with Crippen LogP contribution in [0, 0.1) is 11.3 Å². The molecule has 2 nitrogen and oxygen atoms in total. The van der Waals surface area contributed by atoms with E-state index in [2.05, 4.69) is 27.7 Å². The lowest BCUT2D eigenvalue weighted by Crippen LogP contribution is -2.33. The topological polar surface area (TPSA) is 12.5 Å². The van der Waals surface area contributed by atoms with Crippen molar-refractivity contribution in [3.8, 4) is 0 Å². The summed E-state index contributed by atoms with van der Waals surface area (Å²) in [6.07, 6.45) is 0. The van der Waals surface area contributed by atoms with Gasteiger partial charge in [-0.2, -0.15) is 5.06 Å². The van der Waals surface area contributed by atoms with E-state index in [0.717, 1.165) is 6.61 Å². The van der Waals surface area contributed by atoms with Gasteiger partial charge in [-0.1, -0.05) is 20.8 Å². The maximum absolute atomic E-state index is 5.44. The fourth-order valence-electron chi connectivity index (χ4n) is 1.68. The normalized spacial score (nSPS) is 34.6. The molecular weight excluding hydrogens is 138 g/mol. The summed E-state index contributed by atoms with van der Waals surface area (Å²) >= 11 is 0. The number of nitrogens with zero attached hydrogens (tertiary/aromatic N) is 1. The van der Waals surface area contributed by atoms with Gasteiger partial charge >= 0.3 is 0 Å². The van der Waals surface area contributed by atoms with E-state index < -0.39 is 0 Å². The van der Waals surface area contributed by atoms with Gasteiger partial charge in [0.15, 0.2) is 0 Å². The molecule has 1 aliphatic rings. The summed E-state index contributed by atoms with van der Waals surface area (Å²) in [5.41, 5.74) is 0.365. The summed E-state index contributed by atoms with van der Waals surface area (Å²) in [5.74, 6) is 0.660. The molecule has 0 amide bonds. The van der Waals surface area contributed by atoms with Gasteiger partial charge in [-0.3, -0.25) is 4.84 Å². The van der Waals surface area contributed by atoms with E-state index in [1.54, 1.807) is 0 Å². The van der Waals surface area contributed by atoms with Crippen molar-refractivity contribution in [3.05, 3.63) is 0 Å². The monoisotopic (exact) mass is 157 g/mol. The van der Waals surface area contributed by atoms with Gasteiger partial charge in [-0.05, 0) is 12.3 Å². The van der Waals surface area contributed by atoms with E-state index in [0.29, 0.717) is 17.4 Å². The molecule has 1 rings (SSSR count). The largest absolute Gasteiger partial charge is 0.299 e. The van der Waals surface area contributed by atoms with Crippen LogP contribution in [-0.4, -0.2) is 24.8 Å². The third kappa shape index (κ3) is 1.74. The van der Waals surface area contributed by atoms with Gasteiger partial charge in [0.05, 0.1) is 6.61 Å². The highest BCUT2D eigenvalue weighted by molar-refractivity contribution is 4.84. The van der Waals surface area contributed by atoms with Crippen molar-refractivity contribution < 1.29 is 4.84 Å². The molecule has 1 heterocycles. The Morgan fingerprint density at radius 2 is 1.91 bits per heavy atom. The molecule has 0 aromatic heterocycles. The molecule has 0 aliphatic carbocycles. The summed E-state index contributed by atoms with van der Waals surface area (Å²) in [7, 11) is 2.01. The van der Waals surface area contributed by atoms with Crippen molar-refractivity contribution in [2.45, 2.75) is 33.7 Å². The molecular formula is C9H19NO. The van der Waals surface area contributed by atoms with Gasteiger partial charge in [-0.15, -0.1) is 0 Å². The van der Waals surface area contributed by atoms with Crippen molar-refractivity contribution in [2.24, 2.45) is 11.3 Å². The SMILES string of the molecule is C[C@H]1[C@H](C(C)(C)C)CON1C. The first kappa shape index (κ1) is 9.01.